The van der Waals surface area contributed by atoms with Crippen molar-refractivity contribution in [1.82, 2.24) is 10.7 Å². The molecule has 0 saturated carbocycles. The third-order valence-electron chi connectivity index (χ3n) is 4.30. The number of hydrogen-bond acceptors (Lipinski definition) is 5. The summed E-state index contributed by atoms with van der Waals surface area (Å²) < 4.78 is 11.2. The molecule has 7 nitrogen and oxygen atoms in total. The molecule has 0 radical (unpaired) electrons. The van der Waals surface area contributed by atoms with Crippen molar-refractivity contribution in [1.29, 1.82) is 0 Å². The number of amides is 2. The number of ether oxygens (including phenoxy) is 2. The Morgan fingerprint density at radius 2 is 1.71 bits per heavy atom. The highest BCUT2D eigenvalue weighted by Crippen LogP contribution is 2.32. The van der Waals surface area contributed by atoms with Crippen LogP contribution in [0, 0.1) is 5.92 Å². The first kappa shape index (κ1) is 25.0. The maximum absolute atomic E-state index is 12.6. The van der Waals surface area contributed by atoms with Crippen molar-refractivity contribution in [3.63, 3.8) is 0 Å². The van der Waals surface area contributed by atoms with Crippen LogP contribution in [0.15, 0.2) is 39.9 Å². The van der Waals surface area contributed by atoms with Crippen LogP contribution in [0.3, 0.4) is 0 Å². The number of hydrogen-bond donors (Lipinski definition) is 2. The van der Waals surface area contributed by atoms with Crippen LogP contribution in [0.25, 0.3) is 0 Å². The summed E-state index contributed by atoms with van der Waals surface area (Å²) in [7, 11) is 3.06. The van der Waals surface area contributed by atoms with Gasteiger partial charge in [-0.1, -0.05) is 37.0 Å². The van der Waals surface area contributed by atoms with E-state index >= 15 is 0 Å². The van der Waals surface area contributed by atoms with Crippen LogP contribution in [0.5, 0.6) is 11.5 Å². The van der Waals surface area contributed by atoms with Crippen molar-refractivity contribution in [3.05, 3.63) is 56.0 Å². The molecule has 10 heteroatoms. The molecule has 31 heavy (non-hydrogen) atoms. The molecule has 1 unspecified atom stereocenters. The predicted molar refractivity (Wildman–Crippen MR) is 126 cm³/mol. The molecule has 2 aromatic carbocycles. The fraction of sp³-hybridized carbons (Fsp3) is 0.286. The van der Waals surface area contributed by atoms with E-state index in [9.17, 15) is 9.59 Å². The summed E-state index contributed by atoms with van der Waals surface area (Å²) in [5.41, 5.74) is 3.42. The molecule has 2 amide bonds. The lowest BCUT2D eigenvalue weighted by Gasteiger charge is -2.20. The molecule has 0 aliphatic heterocycles. The Kier molecular flexibility index (Phi) is 9.15. The van der Waals surface area contributed by atoms with Crippen LogP contribution < -0.4 is 20.2 Å². The summed E-state index contributed by atoms with van der Waals surface area (Å²) in [6.07, 6.45) is 1.46. The molecule has 2 aromatic rings. The van der Waals surface area contributed by atoms with Gasteiger partial charge in [-0.05, 0) is 52.2 Å². The van der Waals surface area contributed by atoms with E-state index in [1.54, 1.807) is 12.1 Å². The predicted octanol–water partition coefficient (Wildman–Crippen LogP) is 4.68. The molecular formula is C21H22BrCl2N3O4. The van der Waals surface area contributed by atoms with Gasteiger partial charge in [0.2, 0.25) is 0 Å². The Balaban J connectivity index is 2.10. The van der Waals surface area contributed by atoms with Crippen LogP contribution in [-0.4, -0.2) is 38.3 Å². The summed E-state index contributed by atoms with van der Waals surface area (Å²) in [4.78, 5) is 25.2. The van der Waals surface area contributed by atoms with Gasteiger partial charge in [-0.25, -0.2) is 5.43 Å². The van der Waals surface area contributed by atoms with Crippen molar-refractivity contribution in [2.24, 2.45) is 11.0 Å². The summed E-state index contributed by atoms with van der Waals surface area (Å²) in [6.45, 7) is 3.63. The summed E-state index contributed by atoms with van der Waals surface area (Å²) >= 11 is 15.3. The number of rotatable bonds is 8. The highest BCUT2D eigenvalue weighted by molar-refractivity contribution is 9.10. The quantitative estimate of drug-likeness (QED) is 0.383. The normalized spacial score (nSPS) is 12.0. The Hall–Kier alpha value is -2.29. The fourth-order valence-corrected chi connectivity index (χ4v) is 3.32. The second-order valence-corrected chi connectivity index (χ2v) is 8.46. The van der Waals surface area contributed by atoms with E-state index < -0.39 is 17.9 Å². The van der Waals surface area contributed by atoms with Gasteiger partial charge in [-0.15, -0.1) is 0 Å². The van der Waals surface area contributed by atoms with Gasteiger partial charge in [-0.3, -0.25) is 9.59 Å². The Morgan fingerprint density at radius 3 is 2.29 bits per heavy atom. The molecule has 0 spiro atoms. The minimum atomic E-state index is -0.812. The number of nitrogens with one attached hydrogen (secondary N) is 2. The van der Waals surface area contributed by atoms with E-state index in [-0.39, 0.29) is 10.9 Å². The number of benzene rings is 2. The van der Waals surface area contributed by atoms with E-state index in [0.717, 1.165) is 0 Å². The summed E-state index contributed by atoms with van der Waals surface area (Å²) in [5, 5.41) is 7.30. The van der Waals surface area contributed by atoms with Crippen LogP contribution in [-0.2, 0) is 4.79 Å². The first-order chi connectivity index (χ1) is 14.7. The maximum Gasteiger partial charge on any atom is 0.262 e. The largest absolute Gasteiger partial charge is 0.493 e. The van der Waals surface area contributed by atoms with Gasteiger partial charge in [0.05, 0.1) is 30.5 Å². The highest BCUT2D eigenvalue weighted by Gasteiger charge is 2.24. The lowest BCUT2D eigenvalue weighted by molar-refractivity contribution is -0.123. The zero-order chi connectivity index (χ0) is 23.1. The molecule has 2 rings (SSSR count). The minimum Gasteiger partial charge on any atom is -0.493 e. The second-order valence-electron chi connectivity index (χ2n) is 6.79. The van der Waals surface area contributed by atoms with Gasteiger partial charge in [0.1, 0.15) is 6.04 Å². The molecule has 0 heterocycles. The summed E-state index contributed by atoms with van der Waals surface area (Å²) in [6, 6.07) is 7.13. The van der Waals surface area contributed by atoms with E-state index in [0.29, 0.717) is 32.1 Å². The molecule has 0 aromatic heterocycles. The zero-order valence-corrected chi connectivity index (χ0v) is 20.4. The first-order valence-corrected chi connectivity index (χ1v) is 10.7. The number of carbonyl (C=O) groups excluding carboxylic acids is 2. The van der Waals surface area contributed by atoms with Crippen LogP contribution in [0.2, 0.25) is 10.0 Å². The first-order valence-electron chi connectivity index (χ1n) is 9.18. The number of halogens is 3. The Morgan fingerprint density at radius 1 is 1.06 bits per heavy atom. The maximum atomic E-state index is 12.6. The van der Waals surface area contributed by atoms with Gasteiger partial charge < -0.3 is 14.8 Å². The number of hydrazone groups is 1. The Bertz CT molecular complexity index is 999. The molecule has 0 aliphatic rings. The van der Waals surface area contributed by atoms with Gasteiger partial charge in [0.15, 0.2) is 11.5 Å². The van der Waals surface area contributed by atoms with Gasteiger partial charge in [-0.2, -0.15) is 5.10 Å². The van der Waals surface area contributed by atoms with Crippen molar-refractivity contribution >= 4 is 57.2 Å². The molecule has 1 atom stereocenters. The minimum absolute atomic E-state index is 0.185. The monoisotopic (exact) mass is 529 g/mol. The molecule has 0 aliphatic carbocycles. The average molecular weight is 531 g/mol. The van der Waals surface area contributed by atoms with Gasteiger partial charge >= 0.3 is 0 Å². The number of nitrogens with zero attached hydrogens (tertiary/aromatic N) is 1. The van der Waals surface area contributed by atoms with E-state index in [1.807, 2.05) is 13.8 Å². The second kappa shape index (κ2) is 11.4. The van der Waals surface area contributed by atoms with Crippen molar-refractivity contribution in [2.45, 2.75) is 19.9 Å². The molecular weight excluding hydrogens is 509 g/mol. The van der Waals surface area contributed by atoms with Crippen LogP contribution in [0.4, 0.5) is 0 Å². The zero-order valence-electron chi connectivity index (χ0n) is 17.3. The summed E-state index contributed by atoms with van der Waals surface area (Å²) in [5.74, 6) is -0.0158. The fourth-order valence-electron chi connectivity index (χ4n) is 2.60. The van der Waals surface area contributed by atoms with E-state index in [1.165, 1.54) is 38.6 Å². The smallest absolute Gasteiger partial charge is 0.262 e. The lowest BCUT2D eigenvalue weighted by Crippen LogP contribution is -2.48. The topological polar surface area (TPSA) is 89.0 Å². The lowest BCUT2D eigenvalue weighted by atomic mass is 10.0. The average Bonchev–Trinajstić information content (AvgIpc) is 2.74. The van der Waals surface area contributed by atoms with Crippen LogP contribution >= 0.6 is 39.1 Å². The molecule has 0 fully saturated rings. The third-order valence-corrected chi connectivity index (χ3v) is 5.72. The number of methoxy groups -OCH3 is 2. The van der Waals surface area contributed by atoms with Crippen LogP contribution in [0.1, 0.15) is 29.8 Å². The highest BCUT2D eigenvalue weighted by atomic mass is 79.9. The third kappa shape index (κ3) is 6.59. The molecule has 0 saturated heterocycles. The molecule has 166 valence electrons. The van der Waals surface area contributed by atoms with Crippen molar-refractivity contribution in [3.8, 4) is 11.5 Å². The van der Waals surface area contributed by atoms with E-state index in [4.69, 9.17) is 32.7 Å². The Labute approximate surface area is 199 Å². The van der Waals surface area contributed by atoms with Crippen molar-refractivity contribution < 1.29 is 19.1 Å². The standard InChI is InChI=1S/C21H22BrCl2N3O4/c1-11(2)19(26-20(28)12-5-6-15(23)16(24)7-12)21(29)27-25-10-13-8-17(30-3)18(31-4)9-14(13)22/h5-11,19H,1-4H3,(H,26,28)(H,27,29). The van der Waals surface area contributed by atoms with Crippen molar-refractivity contribution in [2.75, 3.05) is 14.2 Å². The van der Waals surface area contributed by atoms with E-state index in [2.05, 4.69) is 31.8 Å². The number of carbonyl (C=O) groups is 2. The molecule has 0 bridgehead atoms. The SMILES string of the molecule is COc1cc(Br)c(C=NNC(=O)C(NC(=O)c2ccc(Cl)c(Cl)c2)C(C)C)cc1OC. The molecule has 2 N–H and O–H groups in total. The van der Waals surface area contributed by atoms with Gasteiger partial charge in [0.25, 0.3) is 11.8 Å². The van der Waals surface area contributed by atoms with Gasteiger partial charge in [0, 0.05) is 15.6 Å².